The minimum Gasteiger partial charge on any atom is -0.330 e. The quantitative estimate of drug-likeness (QED) is 0.817. The highest BCUT2D eigenvalue weighted by Crippen LogP contribution is 2.27. The number of hydrogen-bond acceptors (Lipinski definition) is 2. The Hall–Kier alpha value is -0.840. The number of nitrogens with one attached hydrogen (secondary N) is 1. The molecule has 0 saturated heterocycles. The van der Waals surface area contributed by atoms with Crippen molar-refractivity contribution in [3.8, 4) is 0 Å². The number of carbonyl (C=O) groups is 1. The Balaban J connectivity index is 2.60. The normalized spacial score (nSPS) is 12.3. The summed E-state index contributed by atoms with van der Waals surface area (Å²) in [7, 11) is 0. The Morgan fingerprint density at radius 1 is 1.44 bits per heavy atom. The van der Waals surface area contributed by atoms with E-state index in [-0.39, 0.29) is 21.9 Å². The molecule has 0 aliphatic carbocycles. The average Bonchev–Trinajstić information content (AvgIpc) is 2.32. The number of rotatable bonds is 5. The van der Waals surface area contributed by atoms with E-state index in [2.05, 4.69) is 5.32 Å². The van der Waals surface area contributed by atoms with Gasteiger partial charge >= 0.3 is 0 Å². The maximum Gasteiger partial charge on any atom is 0.224 e. The largest absolute Gasteiger partial charge is 0.330 e. The Kier molecular flexibility index (Phi) is 5.85. The zero-order valence-corrected chi connectivity index (χ0v) is 11.5. The van der Waals surface area contributed by atoms with E-state index >= 15 is 0 Å². The second-order valence-electron chi connectivity index (χ2n) is 4.18. The van der Waals surface area contributed by atoms with Gasteiger partial charge in [0.15, 0.2) is 5.82 Å². The predicted molar refractivity (Wildman–Crippen MR) is 72.5 cm³/mol. The molecule has 0 aliphatic rings. The maximum absolute atomic E-state index is 13.2. The van der Waals surface area contributed by atoms with Gasteiger partial charge in [-0.25, -0.2) is 4.39 Å². The van der Waals surface area contributed by atoms with Crippen LogP contribution in [0, 0.1) is 11.7 Å². The van der Waals surface area contributed by atoms with Gasteiger partial charge in [0.1, 0.15) is 0 Å². The van der Waals surface area contributed by atoms with E-state index in [1.54, 1.807) is 0 Å². The van der Waals surface area contributed by atoms with E-state index in [4.69, 9.17) is 28.9 Å². The molecule has 3 N–H and O–H groups in total. The Morgan fingerprint density at radius 2 is 2.00 bits per heavy atom. The third-order valence-electron chi connectivity index (χ3n) is 2.53. The number of benzene rings is 1. The lowest BCUT2D eigenvalue weighted by atomic mass is 10.1. The number of anilines is 1. The smallest absolute Gasteiger partial charge is 0.224 e. The molecule has 0 saturated carbocycles. The first-order valence-corrected chi connectivity index (χ1v) is 6.34. The van der Waals surface area contributed by atoms with Gasteiger partial charge in [-0.05, 0) is 31.0 Å². The minimum absolute atomic E-state index is 0.117. The van der Waals surface area contributed by atoms with Crippen molar-refractivity contribution in [2.75, 3.05) is 11.9 Å². The summed E-state index contributed by atoms with van der Waals surface area (Å²) >= 11 is 11.3. The summed E-state index contributed by atoms with van der Waals surface area (Å²) < 4.78 is 13.2. The van der Waals surface area contributed by atoms with Crippen molar-refractivity contribution in [2.45, 2.75) is 19.8 Å². The van der Waals surface area contributed by atoms with E-state index in [1.807, 2.05) is 6.92 Å². The van der Waals surface area contributed by atoms with Crippen LogP contribution in [0.5, 0.6) is 0 Å². The Morgan fingerprint density at radius 3 is 2.50 bits per heavy atom. The predicted octanol–water partition coefficient (Wildman–Crippen LogP) is 3.45. The zero-order chi connectivity index (χ0) is 13.7. The van der Waals surface area contributed by atoms with Crippen LogP contribution in [-0.4, -0.2) is 12.5 Å². The molecule has 1 aromatic rings. The molecule has 0 radical (unpaired) electrons. The minimum atomic E-state index is -0.687. The van der Waals surface area contributed by atoms with Crippen molar-refractivity contribution in [1.82, 2.24) is 0 Å². The fourth-order valence-corrected chi connectivity index (χ4v) is 1.83. The fraction of sp³-hybridized carbons (Fsp3) is 0.417. The SMILES string of the molecule is CC(CN)CCC(=O)Nc1cc(Cl)c(F)c(Cl)c1. The first-order valence-electron chi connectivity index (χ1n) is 5.58. The molecule has 0 aromatic heterocycles. The lowest BCUT2D eigenvalue weighted by Gasteiger charge is -2.09. The summed E-state index contributed by atoms with van der Waals surface area (Å²) in [5.41, 5.74) is 5.84. The summed E-state index contributed by atoms with van der Waals surface area (Å²) in [6, 6.07) is 2.65. The molecule has 100 valence electrons. The van der Waals surface area contributed by atoms with Gasteiger partial charge in [-0.3, -0.25) is 4.79 Å². The number of nitrogens with two attached hydrogens (primary N) is 1. The monoisotopic (exact) mass is 292 g/mol. The second kappa shape index (κ2) is 6.92. The topological polar surface area (TPSA) is 55.1 Å². The Labute approximate surface area is 115 Å². The molecule has 1 aromatic carbocycles. The van der Waals surface area contributed by atoms with E-state index in [1.165, 1.54) is 12.1 Å². The van der Waals surface area contributed by atoms with Crippen LogP contribution in [0.2, 0.25) is 10.0 Å². The second-order valence-corrected chi connectivity index (χ2v) is 5.00. The Bertz CT molecular complexity index is 417. The molecule has 0 fully saturated rings. The standard InChI is InChI=1S/C12H15Cl2FN2O/c1-7(6-16)2-3-11(18)17-8-4-9(13)12(15)10(14)5-8/h4-5,7H,2-3,6,16H2,1H3,(H,17,18). The van der Waals surface area contributed by atoms with Gasteiger partial charge in [-0.1, -0.05) is 30.1 Å². The molecule has 18 heavy (non-hydrogen) atoms. The first-order chi connectivity index (χ1) is 8.43. The van der Waals surface area contributed by atoms with Crippen LogP contribution in [-0.2, 0) is 4.79 Å². The van der Waals surface area contributed by atoms with Crippen molar-refractivity contribution < 1.29 is 9.18 Å². The van der Waals surface area contributed by atoms with Crippen LogP contribution in [0.4, 0.5) is 10.1 Å². The molecule has 1 rings (SSSR count). The van der Waals surface area contributed by atoms with E-state index in [9.17, 15) is 9.18 Å². The molecule has 1 amide bonds. The van der Waals surface area contributed by atoms with Crippen LogP contribution in [0.15, 0.2) is 12.1 Å². The van der Waals surface area contributed by atoms with Crippen molar-refractivity contribution in [3.05, 3.63) is 28.0 Å². The van der Waals surface area contributed by atoms with Gasteiger partial charge in [-0.2, -0.15) is 0 Å². The van der Waals surface area contributed by atoms with Crippen molar-refractivity contribution in [1.29, 1.82) is 0 Å². The molecular weight excluding hydrogens is 278 g/mol. The van der Waals surface area contributed by atoms with Crippen LogP contribution in [0.25, 0.3) is 0 Å². The molecule has 0 bridgehead atoms. The molecule has 6 heteroatoms. The number of amides is 1. The summed E-state index contributed by atoms with van der Waals surface area (Å²) in [5, 5.41) is 2.38. The third-order valence-corrected chi connectivity index (χ3v) is 3.08. The maximum atomic E-state index is 13.2. The van der Waals surface area contributed by atoms with E-state index < -0.39 is 5.82 Å². The third kappa shape index (κ3) is 4.44. The molecular formula is C12H15Cl2FN2O. The van der Waals surface area contributed by atoms with Gasteiger partial charge in [0.2, 0.25) is 5.91 Å². The van der Waals surface area contributed by atoms with Crippen molar-refractivity contribution in [3.63, 3.8) is 0 Å². The zero-order valence-electron chi connectivity index (χ0n) is 9.97. The van der Waals surface area contributed by atoms with E-state index in [0.717, 1.165) is 0 Å². The summed E-state index contributed by atoms with van der Waals surface area (Å²) in [4.78, 5) is 11.6. The lowest BCUT2D eigenvalue weighted by molar-refractivity contribution is -0.116. The molecule has 0 aliphatic heterocycles. The number of halogens is 3. The molecule has 3 nitrogen and oxygen atoms in total. The molecule has 1 unspecified atom stereocenters. The first kappa shape index (κ1) is 15.2. The van der Waals surface area contributed by atoms with Crippen LogP contribution >= 0.6 is 23.2 Å². The van der Waals surface area contributed by atoms with Crippen LogP contribution < -0.4 is 11.1 Å². The molecule has 0 heterocycles. The fourth-order valence-electron chi connectivity index (χ4n) is 1.35. The van der Waals surface area contributed by atoms with Crippen molar-refractivity contribution in [2.24, 2.45) is 11.7 Å². The number of hydrogen-bond donors (Lipinski definition) is 2. The van der Waals surface area contributed by atoms with Gasteiger partial charge < -0.3 is 11.1 Å². The number of carbonyl (C=O) groups excluding carboxylic acids is 1. The van der Waals surface area contributed by atoms with Gasteiger partial charge in [-0.15, -0.1) is 0 Å². The average molecular weight is 293 g/mol. The van der Waals surface area contributed by atoms with Crippen LogP contribution in [0.1, 0.15) is 19.8 Å². The molecule has 1 atom stereocenters. The lowest BCUT2D eigenvalue weighted by Crippen LogP contribution is -2.16. The summed E-state index contributed by atoms with van der Waals surface area (Å²) in [6.07, 6.45) is 1.05. The van der Waals surface area contributed by atoms with Gasteiger partial charge in [0.05, 0.1) is 10.0 Å². The molecule has 0 spiro atoms. The van der Waals surface area contributed by atoms with Gasteiger partial charge in [0, 0.05) is 12.1 Å². The highest BCUT2D eigenvalue weighted by atomic mass is 35.5. The van der Waals surface area contributed by atoms with E-state index in [0.29, 0.717) is 25.1 Å². The highest BCUT2D eigenvalue weighted by Gasteiger charge is 2.10. The summed E-state index contributed by atoms with van der Waals surface area (Å²) in [5.74, 6) is -0.571. The summed E-state index contributed by atoms with van der Waals surface area (Å²) in [6.45, 7) is 2.51. The highest BCUT2D eigenvalue weighted by molar-refractivity contribution is 6.35. The van der Waals surface area contributed by atoms with Crippen molar-refractivity contribution >= 4 is 34.8 Å². The van der Waals surface area contributed by atoms with Crippen LogP contribution in [0.3, 0.4) is 0 Å². The van der Waals surface area contributed by atoms with Gasteiger partial charge in [0.25, 0.3) is 0 Å².